The summed E-state index contributed by atoms with van der Waals surface area (Å²) >= 11 is 0. The summed E-state index contributed by atoms with van der Waals surface area (Å²) in [6.07, 6.45) is 6.76. The zero-order chi connectivity index (χ0) is 18.1. The lowest BCUT2D eigenvalue weighted by atomic mass is 10.1. The summed E-state index contributed by atoms with van der Waals surface area (Å²) in [7, 11) is -3.16. The van der Waals surface area contributed by atoms with Gasteiger partial charge in [-0.2, -0.15) is 5.10 Å². The van der Waals surface area contributed by atoms with Gasteiger partial charge in [0.2, 0.25) is 16.0 Å². The van der Waals surface area contributed by atoms with Crippen molar-refractivity contribution in [1.82, 2.24) is 29.3 Å². The molecule has 26 heavy (non-hydrogen) atoms. The molecule has 2 aliphatic rings. The van der Waals surface area contributed by atoms with E-state index in [2.05, 4.69) is 36.8 Å². The number of hydrogen-bond donors (Lipinski definition) is 1. The highest BCUT2D eigenvalue weighted by Gasteiger charge is 2.36. The molecule has 9 nitrogen and oxygen atoms in total. The molecule has 2 saturated heterocycles. The third-order valence-electron chi connectivity index (χ3n) is 5.37. The van der Waals surface area contributed by atoms with Crippen LogP contribution in [-0.4, -0.2) is 69.1 Å². The van der Waals surface area contributed by atoms with E-state index in [0.717, 1.165) is 36.7 Å². The van der Waals surface area contributed by atoms with Gasteiger partial charge < -0.3 is 4.90 Å². The summed E-state index contributed by atoms with van der Waals surface area (Å²) < 4.78 is 29.3. The van der Waals surface area contributed by atoms with Gasteiger partial charge in [-0.3, -0.25) is 9.67 Å². The molecule has 0 aromatic carbocycles. The number of rotatable bonds is 5. The lowest BCUT2D eigenvalue weighted by Crippen LogP contribution is -2.45. The van der Waals surface area contributed by atoms with E-state index < -0.39 is 10.0 Å². The van der Waals surface area contributed by atoms with Crippen molar-refractivity contribution < 1.29 is 8.42 Å². The van der Waals surface area contributed by atoms with Gasteiger partial charge in [0.1, 0.15) is 0 Å². The Balaban J connectivity index is 1.48. The molecule has 0 unspecified atom stereocenters. The molecule has 2 fully saturated rings. The van der Waals surface area contributed by atoms with Gasteiger partial charge in [-0.25, -0.2) is 12.7 Å². The van der Waals surface area contributed by atoms with Gasteiger partial charge in [0.05, 0.1) is 17.0 Å². The highest BCUT2D eigenvalue weighted by atomic mass is 32.2. The van der Waals surface area contributed by atoms with Gasteiger partial charge in [-0.1, -0.05) is 0 Å². The monoisotopic (exact) mass is 379 g/mol. The van der Waals surface area contributed by atoms with E-state index in [1.165, 1.54) is 0 Å². The van der Waals surface area contributed by atoms with Crippen LogP contribution in [0.15, 0.2) is 12.4 Å². The van der Waals surface area contributed by atoms with Crippen LogP contribution in [0.3, 0.4) is 0 Å². The molecule has 2 aliphatic heterocycles. The molecule has 1 N–H and O–H groups in total. The molecular weight excluding hydrogens is 354 g/mol. The third kappa shape index (κ3) is 3.01. The number of nitrogens with zero attached hydrogens (tertiary/aromatic N) is 6. The minimum Gasteiger partial charge on any atom is -0.341 e. The van der Waals surface area contributed by atoms with Gasteiger partial charge in [0.15, 0.2) is 5.82 Å². The number of sulfonamides is 1. The average Bonchev–Trinajstić information content (AvgIpc) is 3.42. The normalized spacial score (nSPS) is 20.1. The van der Waals surface area contributed by atoms with Gasteiger partial charge in [-0.15, -0.1) is 10.2 Å². The van der Waals surface area contributed by atoms with E-state index in [1.54, 1.807) is 16.7 Å². The molecule has 0 aliphatic carbocycles. The smallest absolute Gasteiger partial charge is 0.227 e. The van der Waals surface area contributed by atoms with E-state index in [0.29, 0.717) is 39.0 Å². The first kappa shape index (κ1) is 17.5. The van der Waals surface area contributed by atoms with Crippen molar-refractivity contribution in [2.24, 2.45) is 0 Å². The predicted molar refractivity (Wildman–Crippen MR) is 98.2 cm³/mol. The largest absolute Gasteiger partial charge is 0.341 e. The topological polar surface area (TPSA) is 100 Å². The van der Waals surface area contributed by atoms with Crippen molar-refractivity contribution in [2.45, 2.75) is 44.4 Å². The summed E-state index contributed by atoms with van der Waals surface area (Å²) in [5, 5.41) is 15.2. The second-order valence-corrected chi connectivity index (χ2v) is 9.11. The van der Waals surface area contributed by atoms with Crippen LogP contribution in [0.2, 0.25) is 0 Å². The van der Waals surface area contributed by atoms with Crippen LogP contribution in [0.1, 0.15) is 32.6 Å². The highest BCUT2D eigenvalue weighted by Crippen LogP contribution is 2.28. The standard InChI is InChI=1S/C16H25N7O2S/c1-2-23-15(13-11-17-18-12-13)19-20-16(23)21-9-5-14(6-10-21)26(24,25)22-7-3-4-8-22/h11-12,14H,2-10H2,1H3,(H,17,18). The maximum Gasteiger partial charge on any atom is 0.227 e. The van der Waals surface area contributed by atoms with Crippen molar-refractivity contribution in [2.75, 3.05) is 31.1 Å². The van der Waals surface area contributed by atoms with Gasteiger partial charge in [-0.05, 0) is 32.6 Å². The van der Waals surface area contributed by atoms with Crippen molar-refractivity contribution in [3.05, 3.63) is 12.4 Å². The quantitative estimate of drug-likeness (QED) is 0.834. The first-order valence-electron chi connectivity index (χ1n) is 9.27. The molecular formula is C16H25N7O2S. The van der Waals surface area contributed by atoms with Crippen molar-refractivity contribution in [3.8, 4) is 11.4 Å². The Bertz CT molecular complexity index is 832. The Morgan fingerprint density at radius 3 is 2.50 bits per heavy atom. The minimum atomic E-state index is -3.16. The fourth-order valence-electron chi connectivity index (χ4n) is 3.91. The maximum atomic E-state index is 12.8. The first-order valence-corrected chi connectivity index (χ1v) is 10.8. The molecule has 0 radical (unpaired) electrons. The zero-order valence-corrected chi connectivity index (χ0v) is 15.8. The van der Waals surface area contributed by atoms with Gasteiger partial charge in [0.25, 0.3) is 0 Å². The molecule has 0 atom stereocenters. The summed E-state index contributed by atoms with van der Waals surface area (Å²) in [5.74, 6) is 1.59. The van der Waals surface area contributed by atoms with Crippen LogP contribution < -0.4 is 4.90 Å². The molecule has 0 bridgehead atoms. The number of anilines is 1. The summed E-state index contributed by atoms with van der Waals surface area (Å²) in [6.45, 7) is 5.53. The van der Waals surface area contributed by atoms with Crippen LogP contribution in [0.5, 0.6) is 0 Å². The molecule has 0 saturated carbocycles. The molecule has 142 valence electrons. The summed E-state index contributed by atoms with van der Waals surface area (Å²) in [4.78, 5) is 2.15. The third-order valence-corrected chi connectivity index (χ3v) is 7.77. The second kappa shape index (κ2) is 6.99. The SMILES string of the molecule is CCn1c(-c2cn[nH]c2)nnc1N1CCC(S(=O)(=O)N2CCCC2)CC1. The number of H-pyrrole nitrogens is 1. The van der Waals surface area contributed by atoms with Crippen LogP contribution in [0.25, 0.3) is 11.4 Å². The molecule has 10 heteroatoms. The van der Waals surface area contributed by atoms with Gasteiger partial charge in [0, 0.05) is 38.9 Å². The van der Waals surface area contributed by atoms with Crippen LogP contribution in [0.4, 0.5) is 5.95 Å². The second-order valence-electron chi connectivity index (χ2n) is 6.89. The molecule has 0 spiro atoms. The Kier molecular flexibility index (Phi) is 4.70. The lowest BCUT2D eigenvalue weighted by Gasteiger charge is -2.34. The maximum absolute atomic E-state index is 12.8. The fourth-order valence-corrected chi connectivity index (χ4v) is 5.91. The van der Waals surface area contributed by atoms with E-state index in [9.17, 15) is 8.42 Å². The Hall–Kier alpha value is -1.94. The summed E-state index contributed by atoms with van der Waals surface area (Å²) in [5.41, 5.74) is 0.900. The Labute approximate surface area is 153 Å². The van der Waals surface area contributed by atoms with E-state index in [-0.39, 0.29) is 5.25 Å². The molecule has 2 aromatic rings. The number of aromatic amines is 1. The molecule has 0 amide bonds. The number of aromatic nitrogens is 5. The zero-order valence-electron chi connectivity index (χ0n) is 15.0. The van der Waals surface area contributed by atoms with Gasteiger partial charge >= 0.3 is 0 Å². The first-order chi connectivity index (χ1) is 12.6. The van der Waals surface area contributed by atoms with E-state index in [4.69, 9.17) is 0 Å². The lowest BCUT2D eigenvalue weighted by molar-refractivity contribution is 0.444. The van der Waals surface area contributed by atoms with E-state index in [1.807, 2.05) is 0 Å². The highest BCUT2D eigenvalue weighted by molar-refractivity contribution is 7.89. The van der Waals surface area contributed by atoms with Crippen LogP contribution >= 0.6 is 0 Å². The van der Waals surface area contributed by atoms with Crippen molar-refractivity contribution in [3.63, 3.8) is 0 Å². The molecule has 2 aromatic heterocycles. The summed E-state index contributed by atoms with van der Waals surface area (Å²) in [6, 6.07) is 0. The average molecular weight is 379 g/mol. The van der Waals surface area contributed by atoms with Crippen molar-refractivity contribution >= 4 is 16.0 Å². The van der Waals surface area contributed by atoms with Crippen LogP contribution in [-0.2, 0) is 16.6 Å². The van der Waals surface area contributed by atoms with E-state index >= 15 is 0 Å². The van der Waals surface area contributed by atoms with Crippen molar-refractivity contribution in [1.29, 1.82) is 0 Å². The predicted octanol–water partition coefficient (Wildman–Crippen LogP) is 1.08. The molecule has 4 rings (SSSR count). The number of nitrogens with one attached hydrogen (secondary N) is 1. The Morgan fingerprint density at radius 2 is 1.88 bits per heavy atom. The number of hydrogen-bond acceptors (Lipinski definition) is 6. The molecule has 4 heterocycles. The number of piperidine rings is 1. The van der Waals surface area contributed by atoms with Crippen LogP contribution in [0, 0.1) is 0 Å². The Morgan fingerprint density at radius 1 is 1.15 bits per heavy atom. The fraction of sp³-hybridized carbons (Fsp3) is 0.688. The minimum absolute atomic E-state index is 0.275.